The molecule has 0 radical (unpaired) electrons. The smallest absolute Gasteiger partial charge is 0.251 e. The second kappa shape index (κ2) is 11.2. The Morgan fingerprint density at radius 2 is 1.71 bits per heavy atom. The number of hydrogen-bond donors (Lipinski definition) is 1. The van der Waals surface area contributed by atoms with Gasteiger partial charge in [-0.1, -0.05) is 41.4 Å². The zero-order valence-electron chi connectivity index (χ0n) is 19.7. The highest BCUT2D eigenvalue weighted by Gasteiger charge is 2.22. The molecule has 0 heterocycles. The normalized spacial score (nSPS) is 12.1. The standard InChI is InChI=1S/C25H26Cl2N2O5S/c1-16(20-14-19(33-2)12-13-23(20)34-3)28-25(30)18-10-8-17(9-11-18)15-29(35(4,31)32)22-7-5-6-21(26)24(22)27/h5-14,16H,15H2,1-4H3,(H,28,30). The first-order chi connectivity index (χ1) is 16.5. The van der Waals surface area contributed by atoms with Crippen molar-refractivity contribution in [1.29, 1.82) is 0 Å². The molecule has 35 heavy (non-hydrogen) atoms. The van der Waals surface area contributed by atoms with Crippen LogP contribution in [0.5, 0.6) is 11.5 Å². The van der Waals surface area contributed by atoms with Crippen LogP contribution in [0.1, 0.15) is 34.5 Å². The van der Waals surface area contributed by atoms with Crippen molar-refractivity contribution in [2.75, 3.05) is 24.8 Å². The minimum absolute atomic E-state index is 0.0260. The lowest BCUT2D eigenvalue weighted by molar-refractivity contribution is 0.0939. The fourth-order valence-corrected chi connectivity index (χ4v) is 4.87. The quantitative estimate of drug-likeness (QED) is 0.392. The van der Waals surface area contributed by atoms with Gasteiger partial charge in [0.15, 0.2) is 0 Å². The first kappa shape index (κ1) is 26.7. The number of anilines is 1. The number of hydrogen-bond acceptors (Lipinski definition) is 5. The predicted molar refractivity (Wildman–Crippen MR) is 139 cm³/mol. The second-order valence-electron chi connectivity index (χ2n) is 7.84. The fraction of sp³-hybridized carbons (Fsp3) is 0.240. The summed E-state index contributed by atoms with van der Waals surface area (Å²) in [5.74, 6) is 1.00. The van der Waals surface area contributed by atoms with E-state index in [2.05, 4.69) is 5.32 Å². The van der Waals surface area contributed by atoms with Gasteiger partial charge in [-0.25, -0.2) is 8.42 Å². The molecule has 0 aliphatic carbocycles. The van der Waals surface area contributed by atoms with Crippen LogP contribution in [-0.2, 0) is 16.6 Å². The summed E-state index contributed by atoms with van der Waals surface area (Å²) in [6.45, 7) is 1.88. The maximum atomic E-state index is 12.9. The van der Waals surface area contributed by atoms with Crippen LogP contribution in [0.15, 0.2) is 60.7 Å². The summed E-state index contributed by atoms with van der Waals surface area (Å²) in [5.41, 5.74) is 2.16. The Morgan fingerprint density at radius 1 is 1.03 bits per heavy atom. The average molecular weight is 537 g/mol. The van der Waals surface area contributed by atoms with E-state index in [1.54, 1.807) is 68.8 Å². The Balaban J connectivity index is 1.78. The number of sulfonamides is 1. The first-order valence-corrected chi connectivity index (χ1v) is 13.2. The number of nitrogens with one attached hydrogen (secondary N) is 1. The summed E-state index contributed by atoms with van der Waals surface area (Å²) in [4.78, 5) is 12.9. The zero-order valence-corrected chi connectivity index (χ0v) is 22.0. The highest BCUT2D eigenvalue weighted by atomic mass is 35.5. The van der Waals surface area contributed by atoms with E-state index in [4.69, 9.17) is 32.7 Å². The molecule has 0 saturated heterocycles. The van der Waals surface area contributed by atoms with Crippen molar-refractivity contribution in [3.05, 3.63) is 87.4 Å². The van der Waals surface area contributed by atoms with Crippen LogP contribution >= 0.6 is 23.2 Å². The summed E-state index contributed by atoms with van der Waals surface area (Å²) in [6, 6.07) is 16.5. The van der Waals surface area contributed by atoms with Crippen LogP contribution in [0.3, 0.4) is 0 Å². The van der Waals surface area contributed by atoms with Crippen molar-refractivity contribution in [3.8, 4) is 11.5 Å². The lowest BCUT2D eigenvalue weighted by Gasteiger charge is -2.24. The van der Waals surface area contributed by atoms with Gasteiger partial charge in [-0.3, -0.25) is 9.10 Å². The average Bonchev–Trinajstić information content (AvgIpc) is 2.83. The molecule has 1 unspecified atom stereocenters. The molecular formula is C25H26Cl2N2O5S. The lowest BCUT2D eigenvalue weighted by Crippen LogP contribution is -2.30. The third-order valence-corrected chi connectivity index (χ3v) is 7.33. The number of methoxy groups -OCH3 is 2. The van der Waals surface area contributed by atoms with Gasteiger partial charge >= 0.3 is 0 Å². The molecule has 0 saturated carbocycles. The summed E-state index contributed by atoms with van der Waals surface area (Å²) in [5, 5.41) is 3.36. The molecule has 0 aliphatic heterocycles. The summed E-state index contributed by atoms with van der Waals surface area (Å²) >= 11 is 12.3. The van der Waals surface area contributed by atoms with Crippen LogP contribution < -0.4 is 19.1 Å². The fourth-order valence-electron chi connectivity index (χ4n) is 3.53. The van der Waals surface area contributed by atoms with Crippen molar-refractivity contribution >= 4 is 44.8 Å². The maximum absolute atomic E-state index is 12.9. The van der Waals surface area contributed by atoms with E-state index in [-0.39, 0.29) is 34.2 Å². The van der Waals surface area contributed by atoms with Crippen molar-refractivity contribution in [2.24, 2.45) is 0 Å². The van der Waals surface area contributed by atoms with Gasteiger partial charge in [0.05, 0.1) is 48.8 Å². The third-order valence-electron chi connectivity index (χ3n) is 5.39. The van der Waals surface area contributed by atoms with E-state index in [9.17, 15) is 13.2 Å². The largest absolute Gasteiger partial charge is 0.497 e. The van der Waals surface area contributed by atoms with Gasteiger partial charge in [0.2, 0.25) is 10.0 Å². The van der Waals surface area contributed by atoms with E-state index < -0.39 is 10.0 Å². The molecule has 0 bridgehead atoms. The molecule has 0 spiro atoms. The molecule has 10 heteroatoms. The number of ether oxygens (including phenoxy) is 2. The van der Waals surface area contributed by atoms with Crippen LogP contribution in [0, 0.1) is 0 Å². The Kier molecular flexibility index (Phi) is 8.53. The van der Waals surface area contributed by atoms with E-state index in [1.165, 1.54) is 4.31 Å². The van der Waals surface area contributed by atoms with Gasteiger partial charge in [0.1, 0.15) is 11.5 Å². The molecule has 7 nitrogen and oxygen atoms in total. The van der Waals surface area contributed by atoms with Gasteiger partial charge in [-0.2, -0.15) is 0 Å². The molecule has 0 aromatic heterocycles. The maximum Gasteiger partial charge on any atom is 0.251 e. The van der Waals surface area contributed by atoms with Crippen LogP contribution in [-0.4, -0.2) is 34.8 Å². The number of rotatable bonds is 9. The SMILES string of the molecule is COc1ccc(OC)c(C(C)NC(=O)c2ccc(CN(c3cccc(Cl)c3Cl)S(C)(=O)=O)cc2)c1. The number of amides is 1. The van der Waals surface area contributed by atoms with Crippen molar-refractivity contribution in [2.45, 2.75) is 19.5 Å². The molecule has 3 aromatic carbocycles. The Hall–Kier alpha value is -2.94. The van der Waals surface area contributed by atoms with E-state index >= 15 is 0 Å². The molecule has 186 valence electrons. The Labute approximate surface area is 215 Å². The monoisotopic (exact) mass is 536 g/mol. The van der Waals surface area contributed by atoms with Crippen LogP contribution in [0.2, 0.25) is 10.0 Å². The number of nitrogens with zero attached hydrogens (tertiary/aromatic N) is 1. The number of carbonyl (C=O) groups is 1. The predicted octanol–water partition coefficient (Wildman–Crippen LogP) is 5.47. The topological polar surface area (TPSA) is 84.9 Å². The van der Waals surface area contributed by atoms with E-state index in [1.807, 2.05) is 13.0 Å². The minimum atomic E-state index is -3.65. The highest BCUT2D eigenvalue weighted by molar-refractivity contribution is 7.92. The van der Waals surface area contributed by atoms with Gasteiger partial charge in [-0.05, 0) is 55.0 Å². The third kappa shape index (κ3) is 6.39. The van der Waals surface area contributed by atoms with Crippen molar-refractivity contribution in [3.63, 3.8) is 0 Å². The molecule has 3 aromatic rings. The number of halogens is 2. The van der Waals surface area contributed by atoms with Gasteiger partial charge < -0.3 is 14.8 Å². The van der Waals surface area contributed by atoms with Crippen molar-refractivity contribution in [1.82, 2.24) is 5.32 Å². The van der Waals surface area contributed by atoms with E-state index in [0.29, 0.717) is 22.6 Å². The van der Waals surface area contributed by atoms with Gasteiger partial charge in [0.25, 0.3) is 5.91 Å². The molecular weight excluding hydrogens is 511 g/mol. The molecule has 1 N–H and O–H groups in total. The number of benzene rings is 3. The molecule has 0 aliphatic rings. The summed E-state index contributed by atoms with van der Waals surface area (Å²) in [7, 11) is -0.516. The van der Waals surface area contributed by atoms with E-state index in [0.717, 1.165) is 11.8 Å². The summed E-state index contributed by atoms with van der Waals surface area (Å²) < 4.78 is 36.8. The number of carbonyl (C=O) groups excluding carboxylic acids is 1. The summed E-state index contributed by atoms with van der Waals surface area (Å²) in [6.07, 6.45) is 1.10. The first-order valence-electron chi connectivity index (χ1n) is 10.6. The van der Waals surface area contributed by atoms with Crippen molar-refractivity contribution < 1.29 is 22.7 Å². The minimum Gasteiger partial charge on any atom is -0.497 e. The van der Waals surface area contributed by atoms with Crippen LogP contribution in [0.25, 0.3) is 0 Å². The molecule has 1 atom stereocenters. The zero-order chi connectivity index (χ0) is 25.8. The molecule has 1 amide bonds. The second-order valence-corrected chi connectivity index (χ2v) is 10.5. The van der Waals surface area contributed by atoms with Crippen LogP contribution in [0.4, 0.5) is 5.69 Å². The molecule has 0 fully saturated rings. The molecule has 3 rings (SSSR count). The van der Waals surface area contributed by atoms with Gasteiger partial charge in [-0.15, -0.1) is 0 Å². The van der Waals surface area contributed by atoms with Gasteiger partial charge in [0, 0.05) is 11.1 Å². The lowest BCUT2D eigenvalue weighted by atomic mass is 10.1. The highest BCUT2D eigenvalue weighted by Crippen LogP contribution is 2.34. The Morgan fingerprint density at radius 3 is 2.31 bits per heavy atom. The Bertz CT molecular complexity index is 1310.